The average molecular weight is 459 g/mol. The second kappa shape index (κ2) is 9.14. The molecule has 0 spiro atoms. The third-order valence-corrected chi connectivity index (χ3v) is 6.35. The molecule has 5 rings (SSSR count). The number of carbonyl (C=O) groups is 1. The summed E-state index contributed by atoms with van der Waals surface area (Å²) in [6.45, 7) is 0.805. The van der Waals surface area contributed by atoms with Gasteiger partial charge in [-0.15, -0.1) is 0 Å². The van der Waals surface area contributed by atoms with Crippen molar-refractivity contribution in [2.75, 3.05) is 27.9 Å². The first-order valence-electron chi connectivity index (χ1n) is 11.1. The fourth-order valence-electron chi connectivity index (χ4n) is 4.69. The Kier molecular flexibility index (Phi) is 5.88. The number of cyclic esters (lactones) is 1. The normalized spacial score (nSPS) is 16.4. The molecule has 0 aromatic heterocycles. The lowest BCUT2D eigenvalue weighted by molar-refractivity contribution is -0.135. The van der Waals surface area contributed by atoms with E-state index in [9.17, 15) is 4.79 Å². The predicted molar refractivity (Wildman–Crippen MR) is 127 cm³/mol. The van der Waals surface area contributed by atoms with Crippen LogP contribution < -0.4 is 18.9 Å². The van der Waals surface area contributed by atoms with E-state index in [4.69, 9.17) is 23.7 Å². The van der Waals surface area contributed by atoms with E-state index in [0.717, 1.165) is 27.8 Å². The van der Waals surface area contributed by atoms with Crippen molar-refractivity contribution >= 4 is 11.5 Å². The molecule has 1 aliphatic carbocycles. The minimum Gasteiger partial charge on any atom is -0.493 e. The Hall–Kier alpha value is -3.93. The molecule has 34 heavy (non-hydrogen) atoms. The molecule has 0 amide bonds. The maximum Gasteiger partial charge on any atom is 0.335 e. The first-order valence-corrected chi connectivity index (χ1v) is 11.1. The van der Waals surface area contributed by atoms with E-state index in [-0.39, 0.29) is 11.9 Å². The molecule has 1 heterocycles. The number of rotatable bonds is 7. The first-order chi connectivity index (χ1) is 16.6. The highest BCUT2D eigenvalue weighted by Gasteiger charge is 2.39. The smallest absolute Gasteiger partial charge is 0.335 e. The number of carbonyl (C=O) groups excluding carboxylic acids is 1. The molecule has 0 bridgehead atoms. The number of esters is 1. The van der Waals surface area contributed by atoms with Crippen molar-refractivity contribution in [1.82, 2.24) is 0 Å². The molecule has 3 aromatic rings. The van der Waals surface area contributed by atoms with Crippen molar-refractivity contribution < 1.29 is 28.5 Å². The van der Waals surface area contributed by atoms with Crippen LogP contribution in [0.1, 0.15) is 22.3 Å². The Morgan fingerprint density at radius 3 is 2.29 bits per heavy atom. The summed E-state index contributed by atoms with van der Waals surface area (Å²) < 4.78 is 28.2. The predicted octanol–water partition coefficient (Wildman–Crippen LogP) is 4.82. The van der Waals surface area contributed by atoms with E-state index in [2.05, 4.69) is 0 Å². The van der Waals surface area contributed by atoms with Gasteiger partial charge in [-0.3, -0.25) is 0 Å². The van der Waals surface area contributed by atoms with Crippen LogP contribution >= 0.6 is 0 Å². The maximum absolute atomic E-state index is 12.8. The molecule has 0 unspecified atom stereocenters. The van der Waals surface area contributed by atoms with Gasteiger partial charge in [0.1, 0.15) is 6.61 Å². The quantitative estimate of drug-likeness (QED) is 0.473. The highest BCUT2D eigenvalue weighted by Crippen LogP contribution is 2.46. The number of benzene rings is 3. The van der Waals surface area contributed by atoms with Crippen LogP contribution in [-0.2, 0) is 22.6 Å². The van der Waals surface area contributed by atoms with Crippen LogP contribution in [0.25, 0.3) is 5.57 Å². The largest absolute Gasteiger partial charge is 0.493 e. The van der Waals surface area contributed by atoms with Crippen molar-refractivity contribution in [2.24, 2.45) is 5.92 Å². The third kappa shape index (κ3) is 3.85. The number of hydrogen-bond donors (Lipinski definition) is 0. The van der Waals surface area contributed by atoms with Crippen molar-refractivity contribution in [3.8, 4) is 23.0 Å². The summed E-state index contributed by atoms with van der Waals surface area (Å²) in [5.74, 6) is 2.22. The summed E-state index contributed by atoms with van der Waals surface area (Å²) in [4.78, 5) is 12.8. The fourth-order valence-corrected chi connectivity index (χ4v) is 4.69. The second-order valence-electron chi connectivity index (χ2n) is 8.29. The Morgan fingerprint density at radius 1 is 0.853 bits per heavy atom. The van der Waals surface area contributed by atoms with Gasteiger partial charge in [0.2, 0.25) is 0 Å². The van der Waals surface area contributed by atoms with Crippen LogP contribution in [0, 0.1) is 5.92 Å². The molecule has 1 saturated heterocycles. The number of fused-ring (bicyclic) bond motifs is 2. The van der Waals surface area contributed by atoms with Crippen LogP contribution in [0.3, 0.4) is 0 Å². The van der Waals surface area contributed by atoms with Crippen LogP contribution in [0.5, 0.6) is 23.0 Å². The molecule has 6 nitrogen and oxygen atoms in total. The van der Waals surface area contributed by atoms with E-state index < -0.39 is 0 Å². The molecule has 6 heteroatoms. The zero-order valence-corrected chi connectivity index (χ0v) is 19.4. The SMILES string of the molecule is COc1cc2c(cc1OC)C(c1ccc(OCc3ccccc3)c(OC)c1)=C1C(=O)OC[C@H]1C2. The van der Waals surface area contributed by atoms with Gasteiger partial charge in [0.15, 0.2) is 23.0 Å². The van der Waals surface area contributed by atoms with E-state index >= 15 is 0 Å². The van der Waals surface area contributed by atoms with E-state index in [1.807, 2.05) is 60.7 Å². The van der Waals surface area contributed by atoms with Crippen LogP contribution in [-0.4, -0.2) is 33.9 Å². The molecular formula is C28H26O6. The minimum absolute atomic E-state index is 0.00639. The summed E-state index contributed by atoms with van der Waals surface area (Å²) >= 11 is 0. The Bertz CT molecular complexity index is 1260. The van der Waals surface area contributed by atoms with Crippen molar-refractivity contribution in [3.63, 3.8) is 0 Å². The van der Waals surface area contributed by atoms with Gasteiger partial charge in [0, 0.05) is 11.5 Å². The van der Waals surface area contributed by atoms with Gasteiger partial charge in [-0.2, -0.15) is 0 Å². The highest BCUT2D eigenvalue weighted by atomic mass is 16.5. The summed E-state index contributed by atoms with van der Waals surface area (Å²) in [5.41, 5.74) is 5.47. The molecule has 0 saturated carbocycles. The monoisotopic (exact) mass is 458 g/mol. The van der Waals surface area contributed by atoms with E-state index in [1.54, 1.807) is 21.3 Å². The lowest BCUT2D eigenvalue weighted by atomic mass is 9.77. The molecule has 2 aliphatic rings. The molecule has 1 fully saturated rings. The van der Waals surface area contributed by atoms with Crippen molar-refractivity contribution in [2.45, 2.75) is 13.0 Å². The van der Waals surface area contributed by atoms with Gasteiger partial charge in [-0.05, 0) is 52.9 Å². The summed E-state index contributed by atoms with van der Waals surface area (Å²) in [6, 6.07) is 19.6. The van der Waals surface area contributed by atoms with Crippen molar-refractivity contribution in [3.05, 3.63) is 88.5 Å². The van der Waals surface area contributed by atoms with E-state index in [1.165, 1.54) is 0 Å². The standard InChI is InChI=1S/C28H26O6/c1-30-23-12-18(9-10-22(23)33-15-17-7-5-4-6-8-17)26-21-14-25(32-3)24(31-2)13-19(21)11-20-16-34-28(29)27(20)26/h4-10,12-14,20H,11,15-16H2,1-3H3/t20-/m1/s1. The van der Waals surface area contributed by atoms with Crippen LogP contribution in [0.15, 0.2) is 66.2 Å². The fraction of sp³-hybridized carbons (Fsp3) is 0.250. The van der Waals surface area contributed by atoms with Crippen LogP contribution in [0.4, 0.5) is 0 Å². The second-order valence-corrected chi connectivity index (χ2v) is 8.29. The molecular weight excluding hydrogens is 432 g/mol. The molecule has 0 N–H and O–H groups in total. The van der Waals surface area contributed by atoms with Gasteiger partial charge < -0.3 is 23.7 Å². The number of hydrogen-bond acceptors (Lipinski definition) is 6. The molecule has 3 aromatic carbocycles. The van der Waals surface area contributed by atoms with Gasteiger partial charge in [0.05, 0.1) is 33.5 Å². The van der Waals surface area contributed by atoms with Crippen LogP contribution in [0.2, 0.25) is 0 Å². The minimum atomic E-state index is -0.274. The molecule has 1 atom stereocenters. The lowest BCUT2D eigenvalue weighted by Gasteiger charge is -2.26. The van der Waals surface area contributed by atoms with Crippen molar-refractivity contribution in [1.29, 1.82) is 0 Å². The molecule has 0 radical (unpaired) electrons. The Balaban J connectivity index is 1.58. The third-order valence-electron chi connectivity index (χ3n) is 6.35. The Labute approximate surface area is 198 Å². The van der Waals surface area contributed by atoms with Gasteiger partial charge in [0.25, 0.3) is 0 Å². The lowest BCUT2D eigenvalue weighted by Crippen LogP contribution is -2.17. The summed E-state index contributed by atoms with van der Waals surface area (Å²) in [5, 5.41) is 0. The zero-order chi connectivity index (χ0) is 23.7. The first kappa shape index (κ1) is 21.9. The van der Waals surface area contributed by atoms with Gasteiger partial charge >= 0.3 is 5.97 Å². The average Bonchev–Trinajstić information content (AvgIpc) is 3.25. The topological polar surface area (TPSA) is 63.2 Å². The highest BCUT2D eigenvalue weighted by molar-refractivity contribution is 6.05. The molecule has 1 aliphatic heterocycles. The number of ether oxygens (including phenoxy) is 5. The number of methoxy groups -OCH3 is 3. The molecule has 174 valence electrons. The zero-order valence-electron chi connectivity index (χ0n) is 19.4. The maximum atomic E-state index is 12.8. The van der Waals surface area contributed by atoms with Gasteiger partial charge in [-0.1, -0.05) is 36.4 Å². The summed E-state index contributed by atoms with van der Waals surface area (Å²) in [6.07, 6.45) is 0.704. The Morgan fingerprint density at radius 2 is 1.56 bits per heavy atom. The van der Waals surface area contributed by atoms with Gasteiger partial charge in [-0.25, -0.2) is 4.79 Å². The van der Waals surface area contributed by atoms with E-state index in [0.29, 0.717) is 48.2 Å². The summed E-state index contributed by atoms with van der Waals surface area (Å²) in [7, 11) is 4.84.